The summed E-state index contributed by atoms with van der Waals surface area (Å²) in [5.41, 5.74) is 5.71. The number of amides is 1. The Hall–Kier alpha value is -2.45. The van der Waals surface area contributed by atoms with Crippen LogP contribution >= 0.6 is 11.3 Å². The van der Waals surface area contributed by atoms with Gasteiger partial charge in [0, 0.05) is 0 Å². The first-order chi connectivity index (χ1) is 10.1. The lowest BCUT2D eigenvalue weighted by Gasteiger charge is -1.99. The van der Waals surface area contributed by atoms with Crippen LogP contribution in [-0.2, 0) is 0 Å². The van der Waals surface area contributed by atoms with Crippen molar-refractivity contribution in [3.8, 4) is 5.75 Å². The number of nitrogens with one attached hydrogen (secondary N) is 2. The molecule has 0 saturated heterocycles. The summed E-state index contributed by atoms with van der Waals surface area (Å²) in [4.78, 5) is 15.8. The lowest BCUT2D eigenvalue weighted by molar-refractivity contribution is 0.0710. The molecule has 110 valence electrons. The van der Waals surface area contributed by atoms with Gasteiger partial charge in [0.1, 0.15) is 10.6 Å². The number of rotatable bonds is 5. The van der Waals surface area contributed by atoms with E-state index in [0.717, 1.165) is 22.6 Å². The zero-order valence-corrected chi connectivity index (χ0v) is 12.3. The van der Waals surface area contributed by atoms with Crippen LogP contribution in [0.1, 0.15) is 20.9 Å². The van der Waals surface area contributed by atoms with Crippen molar-refractivity contribution in [2.45, 2.75) is 6.92 Å². The van der Waals surface area contributed by atoms with E-state index in [1.54, 1.807) is 25.7 Å². The van der Waals surface area contributed by atoms with Crippen LogP contribution in [0.15, 0.2) is 29.4 Å². The first-order valence-corrected chi connectivity index (χ1v) is 6.80. The fourth-order valence-electron chi connectivity index (χ4n) is 1.59. The minimum Gasteiger partial charge on any atom is -0.497 e. The number of hydroxylamine groups is 1. The van der Waals surface area contributed by atoms with E-state index >= 15 is 0 Å². The standard InChI is InChI=1S/C13H14N4O3S/c1-8-11(12(18)17-19)21-13(15-8)16-14-7-9-4-3-5-10(6-9)20-2/h3-7,19H,1-2H3,(H,15,16)(H,17,18)/b14-7+. The second-order valence-corrected chi connectivity index (χ2v) is 5.02. The van der Waals surface area contributed by atoms with Gasteiger partial charge in [-0.1, -0.05) is 23.5 Å². The average molecular weight is 306 g/mol. The summed E-state index contributed by atoms with van der Waals surface area (Å²) in [7, 11) is 1.60. The fourth-order valence-corrected chi connectivity index (χ4v) is 2.40. The van der Waals surface area contributed by atoms with Crippen molar-refractivity contribution in [2.24, 2.45) is 5.10 Å². The van der Waals surface area contributed by atoms with Gasteiger partial charge in [0.15, 0.2) is 0 Å². The fraction of sp³-hybridized carbons (Fsp3) is 0.154. The Balaban J connectivity index is 2.05. The van der Waals surface area contributed by atoms with Crippen LogP contribution in [0.2, 0.25) is 0 Å². The van der Waals surface area contributed by atoms with E-state index in [1.165, 1.54) is 0 Å². The zero-order chi connectivity index (χ0) is 15.2. The van der Waals surface area contributed by atoms with Crippen LogP contribution in [0.25, 0.3) is 0 Å². The highest BCUT2D eigenvalue weighted by molar-refractivity contribution is 7.17. The predicted octanol–water partition coefficient (Wildman–Crippen LogP) is 2.03. The van der Waals surface area contributed by atoms with Crippen LogP contribution in [0, 0.1) is 6.92 Å². The molecule has 1 amide bonds. The molecule has 2 rings (SSSR count). The lowest BCUT2D eigenvalue weighted by Crippen LogP contribution is -2.18. The topological polar surface area (TPSA) is 95.8 Å². The summed E-state index contributed by atoms with van der Waals surface area (Å²) in [6, 6.07) is 7.42. The number of anilines is 1. The molecule has 7 nitrogen and oxygen atoms in total. The van der Waals surface area contributed by atoms with Crippen LogP contribution in [0.4, 0.5) is 5.13 Å². The Labute approximate surface area is 125 Å². The largest absolute Gasteiger partial charge is 0.497 e. The van der Waals surface area contributed by atoms with Gasteiger partial charge in [0.05, 0.1) is 19.0 Å². The molecule has 0 spiro atoms. The third-order valence-electron chi connectivity index (χ3n) is 2.57. The molecule has 0 aliphatic carbocycles. The highest BCUT2D eigenvalue weighted by Crippen LogP contribution is 2.22. The van der Waals surface area contributed by atoms with Gasteiger partial charge >= 0.3 is 0 Å². The van der Waals surface area contributed by atoms with Gasteiger partial charge in [-0.3, -0.25) is 15.4 Å². The summed E-state index contributed by atoms with van der Waals surface area (Å²) in [5, 5.41) is 13.1. The van der Waals surface area contributed by atoms with Gasteiger partial charge in [-0.25, -0.2) is 10.5 Å². The minimum absolute atomic E-state index is 0.330. The monoisotopic (exact) mass is 306 g/mol. The molecule has 1 heterocycles. The second kappa shape index (κ2) is 6.82. The van der Waals surface area contributed by atoms with E-state index in [4.69, 9.17) is 9.94 Å². The molecule has 0 unspecified atom stereocenters. The number of carbonyl (C=O) groups excluding carboxylic acids is 1. The van der Waals surface area contributed by atoms with E-state index in [0.29, 0.717) is 15.7 Å². The maximum absolute atomic E-state index is 11.3. The summed E-state index contributed by atoms with van der Waals surface area (Å²) in [5.74, 6) is 0.153. The predicted molar refractivity (Wildman–Crippen MR) is 80.3 cm³/mol. The maximum atomic E-state index is 11.3. The molecule has 0 saturated carbocycles. The molecular formula is C13H14N4O3S. The Kier molecular flexibility index (Phi) is 4.85. The number of aromatic nitrogens is 1. The Morgan fingerprint density at radius 3 is 3.05 bits per heavy atom. The van der Waals surface area contributed by atoms with Gasteiger partial charge in [-0.2, -0.15) is 5.10 Å². The molecule has 1 aromatic heterocycles. The molecule has 3 N–H and O–H groups in total. The first-order valence-electron chi connectivity index (χ1n) is 5.99. The number of aryl methyl sites for hydroxylation is 1. The number of benzene rings is 1. The van der Waals surface area contributed by atoms with Crippen molar-refractivity contribution in [3.63, 3.8) is 0 Å². The van der Waals surface area contributed by atoms with Gasteiger partial charge in [0.2, 0.25) is 5.13 Å². The number of nitrogens with zero attached hydrogens (tertiary/aromatic N) is 2. The third-order valence-corrected chi connectivity index (χ3v) is 3.63. The molecule has 21 heavy (non-hydrogen) atoms. The number of hydrazone groups is 1. The third kappa shape index (κ3) is 3.77. The molecule has 0 fully saturated rings. The molecule has 0 bridgehead atoms. The van der Waals surface area contributed by atoms with Gasteiger partial charge in [0.25, 0.3) is 5.91 Å². The van der Waals surface area contributed by atoms with Crippen molar-refractivity contribution < 1.29 is 14.7 Å². The number of thiazole rings is 1. The lowest BCUT2D eigenvalue weighted by atomic mass is 10.2. The van der Waals surface area contributed by atoms with E-state index < -0.39 is 5.91 Å². The van der Waals surface area contributed by atoms with E-state index in [1.807, 2.05) is 24.3 Å². The van der Waals surface area contributed by atoms with Crippen LogP contribution in [-0.4, -0.2) is 29.4 Å². The van der Waals surface area contributed by atoms with Gasteiger partial charge < -0.3 is 4.74 Å². The van der Waals surface area contributed by atoms with Crippen LogP contribution in [0.5, 0.6) is 5.75 Å². The number of hydrogen-bond donors (Lipinski definition) is 3. The first kappa shape index (κ1) is 14.9. The van der Waals surface area contributed by atoms with Crippen molar-refractivity contribution >= 4 is 28.6 Å². The molecule has 0 radical (unpaired) electrons. The highest BCUT2D eigenvalue weighted by Gasteiger charge is 2.14. The second-order valence-electron chi connectivity index (χ2n) is 4.02. The van der Waals surface area contributed by atoms with Crippen molar-refractivity contribution in [1.29, 1.82) is 0 Å². The quantitative estimate of drug-likeness (QED) is 0.446. The zero-order valence-electron chi connectivity index (χ0n) is 11.5. The summed E-state index contributed by atoms with van der Waals surface area (Å²) < 4.78 is 5.12. The van der Waals surface area contributed by atoms with E-state index in [-0.39, 0.29) is 0 Å². The van der Waals surface area contributed by atoms with E-state index in [9.17, 15) is 4.79 Å². The van der Waals surface area contributed by atoms with Gasteiger partial charge in [-0.15, -0.1) is 0 Å². The molecule has 0 aliphatic heterocycles. The Morgan fingerprint density at radius 2 is 2.33 bits per heavy atom. The highest BCUT2D eigenvalue weighted by atomic mass is 32.1. The average Bonchev–Trinajstić information content (AvgIpc) is 2.87. The molecule has 0 atom stereocenters. The van der Waals surface area contributed by atoms with Crippen molar-refractivity contribution in [3.05, 3.63) is 40.4 Å². The maximum Gasteiger partial charge on any atom is 0.286 e. The normalized spacial score (nSPS) is 10.6. The Morgan fingerprint density at radius 1 is 1.52 bits per heavy atom. The smallest absolute Gasteiger partial charge is 0.286 e. The minimum atomic E-state index is -0.588. The van der Waals surface area contributed by atoms with Crippen molar-refractivity contribution in [2.75, 3.05) is 12.5 Å². The number of ether oxygens (including phenoxy) is 1. The number of methoxy groups -OCH3 is 1. The SMILES string of the molecule is COc1cccc(/C=N/Nc2nc(C)c(C(=O)NO)s2)c1. The summed E-state index contributed by atoms with van der Waals surface area (Å²) in [6.07, 6.45) is 1.62. The molecular weight excluding hydrogens is 292 g/mol. The van der Waals surface area contributed by atoms with E-state index in [2.05, 4.69) is 15.5 Å². The van der Waals surface area contributed by atoms with Crippen molar-refractivity contribution in [1.82, 2.24) is 10.5 Å². The Bertz CT molecular complexity index is 669. The number of hydrogen-bond acceptors (Lipinski definition) is 7. The van der Waals surface area contributed by atoms with Gasteiger partial charge in [-0.05, 0) is 24.6 Å². The summed E-state index contributed by atoms with van der Waals surface area (Å²) >= 11 is 1.10. The molecule has 0 aliphatic rings. The van der Waals surface area contributed by atoms with Crippen LogP contribution < -0.4 is 15.6 Å². The molecule has 2 aromatic rings. The molecule has 1 aromatic carbocycles. The molecule has 8 heteroatoms. The van der Waals surface area contributed by atoms with Crippen LogP contribution in [0.3, 0.4) is 0 Å². The number of carbonyl (C=O) groups is 1. The summed E-state index contributed by atoms with van der Waals surface area (Å²) in [6.45, 7) is 1.68.